The van der Waals surface area contributed by atoms with E-state index in [-0.39, 0.29) is 5.56 Å². The van der Waals surface area contributed by atoms with Crippen molar-refractivity contribution in [3.63, 3.8) is 0 Å². The molecule has 0 amide bonds. The van der Waals surface area contributed by atoms with Crippen LogP contribution in [0.1, 0.15) is 5.76 Å². The molecule has 1 aliphatic rings. The van der Waals surface area contributed by atoms with E-state index in [1.165, 1.54) is 10.4 Å². The second kappa shape index (κ2) is 7.76. The van der Waals surface area contributed by atoms with Crippen LogP contribution in [0.25, 0.3) is 22.2 Å². The molecule has 30 heavy (non-hydrogen) atoms. The predicted molar refractivity (Wildman–Crippen MR) is 116 cm³/mol. The van der Waals surface area contributed by atoms with E-state index < -0.39 is 0 Å². The summed E-state index contributed by atoms with van der Waals surface area (Å²) in [6, 6.07) is 20.3. The zero-order valence-corrected chi connectivity index (χ0v) is 16.9. The molecule has 0 N–H and O–H groups in total. The summed E-state index contributed by atoms with van der Waals surface area (Å²) in [7, 11) is 0. The summed E-state index contributed by atoms with van der Waals surface area (Å²) in [5, 5.41) is 9.45. The second-order valence-corrected chi connectivity index (χ2v) is 7.56. The van der Waals surface area contributed by atoms with Gasteiger partial charge in [-0.15, -0.1) is 0 Å². The van der Waals surface area contributed by atoms with E-state index >= 15 is 0 Å². The van der Waals surface area contributed by atoms with Gasteiger partial charge in [-0.2, -0.15) is 5.10 Å². The standard InChI is InChI=1S/C23H23N5O2/c1-17-20-21(18-8-4-2-5-9-18)24-28(23(29)22(20)25-30-17)16-26-12-14-27(15-13-26)19-10-6-3-7-11-19/h2-11H,12-16H2,1H3. The maximum atomic E-state index is 13.0. The molecular weight excluding hydrogens is 378 g/mol. The topological polar surface area (TPSA) is 67.4 Å². The molecule has 0 atom stereocenters. The van der Waals surface area contributed by atoms with Crippen LogP contribution in [-0.2, 0) is 6.67 Å². The third-order valence-electron chi connectivity index (χ3n) is 5.63. The Balaban J connectivity index is 1.43. The lowest BCUT2D eigenvalue weighted by molar-refractivity contribution is 0.192. The van der Waals surface area contributed by atoms with Gasteiger partial charge in [-0.25, -0.2) is 4.68 Å². The molecule has 7 heteroatoms. The molecule has 1 fully saturated rings. The van der Waals surface area contributed by atoms with Gasteiger partial charge in [0, 0.05) is 37.4 Å². The summed E-state index contributed by atoms with van der Waals surface area (Å²) >= 11 is 0. The molecule has 1 saturated heterocycles. The van der Waals surface area contributed by atoms with Crippen LogP contribution in [0, 0.1) is 6.92 Å². The zero-order valence-electron chi connectivity index (χ0n) is 16.9. The minimum atomic E-state index is -0.216. The summed E-state index contributed by atoms with van der Waals surface area (Å²) in [4.78, 5) is 17.6. The average molecular weight is 401 g/mol. The van der Waals surface area contributed by atoms with Crippen LogP contribution < -0.4 is 10.5 Å². The number of benzene rings is 2. The second-order valence-electron chi connectivity index (χ2n) is 7.56. The normalized spacial score (nSPS) is 15.0. The molecule has 5 rings (SSSR count). The smallest absolute Gasteiger partial charge is 0.298 e. The highest BCUT2D eigenvalue weighted by Crippen LogP contribution is 2.27. The summed E-state index contributed by atoms with van der Waals surface area (Å²) < 4.78 is 6.86. The summed E-state index contributed by atoms with van der Waals surface area (Å²) in [5.41, 5.74) is 3.03. The quantitative estimate of drug-likeness (QED) is 0.523. The molecule has 4 aromatic rings. The van der Waals surface area contributed by atoms with Crippen molar-refractivity contribution in [2.24, 2.45) is 0 Å². The van der Waals surface area contributed by atoms with E-state index in [1.807, 2.05) is 43.3 Å². The maximum absolute atomic E-state index is 13.0. The van der Waals surface area contributed by atoms with Gasteiger partial charge in [0.25, 0.3) is 5.56 Å². The minimum absolute atomic E-state index is 0.216. The third-order valence-corrected chi connectivity index (χ3v) is 5.63. The Morgan fingerprint density at radius 2 is 1.60 bits per heavy atom. The van der Waals surface area contributed by atoms with Gasteiger partial charge < -0.3 is 9.42 Å². The monoisotopic (exact) mass is 401 g/mol. The highest BCUT2D eigenvalue weighted by atomic mass is 16.5. The summed E-state index contributed by atoms with van der Waals surface area (Å²) in [5.74, 6) is 0.608. The average Bonchev–Trinajstić information content (AvgIpc) is 3.19. The number of fused-ring (bicyclic) bond motifs is 1. The van der Waals surface area contributed by atoms with E-state index in [9.17, 15) is 4.79 Å². The van der Waals surface area contributed by atoms with Crippen molar-refractivity contribution in [2.75, 3.05) is 31.1 Å². The van der Waals surface area contributed by atoms with Gasteiger partial charge in [-0.05, 0) is 19.1 Å². The van der Waals surface area contributed by atoms with Crippen molar-refractivity contribution in [3.05, 3.63) is 76.8 Å². The number of para-hydroxylation sites is 1. The van der Waals surface area contributed by atoms with Crippen molar-refractivity contribution >= 4 is 16.6 Å². The molecular formula is C23H23N5O2. The Bertz CT molecular complexity index is 1210. The van der Waals surface area contributed by atoms with Crippen LogP contribution in [-0.4, -0.2) is 46.0 Å². The Morgan fingerprint density at radius 1 is 0.933 bits per heavy atom. The first-order valence-corrected chi connectivity index (χ1v) is 10.2. The van der Waals surface area contributed by atoms with Crippen molar-refractivity contribution in [2.45, 2.75) is 13.6 Å². The van der Waals surface area contributed by atoms with Gasteiger partial charge in [0.15, 0.2) is 5.52 Å². The number of piperazine rings is 1. The number of nitrogens with zero attached hydrogens (tertiary/aromatic N) is 5. The zero-order chi connectivity index (χ0) is 20.5. The van der Waals surface area contributed by atoms with Gasteiger partial charge in [0.05, 0.1) is 12.1 Å². The summed E-state index contributed by atoms with van der Waals surface area (Å²) in [6.45, 7) is 5.80. The van der Waals surface area contributed by atoms with Gasteiger partial charge in [0.2, 0.25) is 0 Å². The molecule has 0 bridgehead atoms. The van der Waals surface area contributed by atoms with E-state index in [0.29, 0.717) is 23.3 Å². The summed E-state index contributed by atoms with van der Waals surface area (Å²) in [6.07, 6.45) is 0. The van der Waals surface area contributed by atoms with Crippen LogP contribution in [0.3, 0.4) is 0 Å². The molecule has 0 aliphatic carbocycles. The first kappa shape index (κ1) is 18.6. The molecule has 2 aromatic carbocycles. The number of anilines is 1. The number of aryl methyl sites for hydroxylation is 1. The van der Waals surface area contributed by atoms with Crippen LogP contribution in [0.4, 0.5) is 5.69 Å². The van der Waals surface area contributed by atoms with E-state index in [4.69, 9.17) is 9.62 Å². The largest absolute Gasteiger partial charge is 0.369 e. The fourth-order valence-corrected chi connectivity index (χ4v) is 4.01. The van der Waals surface area contributed by atoms with Gasteiger partial charge in [0.1, 0.15) is 11.5 Å². The van der Waals surface area contributed by atoms with Crippen LogP contribution in [0.15, 0.2) is 70.0 Å². The Kier molecular flexibility index (Phi) is 4.80. The lowest BCUT2D eigenvalue weighted by Crippen LogP contribution is -2.48. The molecule has 0 spiro atoms. The first-order valence-electron chi connectivity index (χ1n) is 10.2. The Hall–Kier alpha value is -3.45. The SMILES string of the molecule is Cc1onc2c(=O)n(CN3CCN(c4ccccc4)CC3)nc(-c3ccccc3)c12. The highest BCUT2D eigenvalue weighted by Gasteiger charge is 2.22. The van der Waals surface area contributed by atoms with Crippen molar-refractivity contribution in [1.29, 1.82) is 0 Å². The van der Waals surface area contributed by atoms with Crippen molar-refractivity contribution < 1.29 is 4.52 Å². The predicted octanol–water partition coefficient (Wildman–Crippen LogP) is 3.14. The maximum Gasteiger partial charge on any atom is 0.298 e. The van der Waals surface area contributed by atoms with Crippen LogP contribution >= 0.6 is 0 Å². The van der Waals surface area contributed by atoms with Crippen molar-refractivity contribution in [1.82, 2.24) is 19.8 Å². The lowest BCUT2D eigenvalue weighted by Gasteiger charge is -2.36. The first-order chi connectivity index (χ1) is 14.7. The molecule has 0 radical (unpaired) electrons. The van der Waals surface area contributed by atoms with E-state index in [2.05, 4.69) is 39.2 Å². The van der Waals surface area contributed by atoms with Crippen LogP contribution in [0.2, 0.25) is 0 Å². The molecule has 152 valence electrons. The number of aromatic nitrogens is 3. The van der Waals surface area contributed by atoms with Gasteiger partial charge in [-0.1, -0.05) is 53.7 Å². The number of rotatable bonds is 4. The molecule has 3 heterocycles. The molecule has 2 aromatic heterocycles. The Labute approximate surface area is 174 Å². The fraction of sp³-hybridized carbons (Fsp3) is 0.261. The molecule has 0 saturated carbocycles. The van der Waals surface area contributed by atoms with E-state index in [1.54, 1.807) is 0 Å². The minimum Gasteiger partial charge on any atom is -0.369 e. The molecule has 1 aliphatic heterocycles. The van der Waals surface area contributed by atoms with Crippen LogP contribution in [0.5, 0.6) is 0 Å². The molecule has 0 unspecified atom stereocenters. The van der Waals surface area contributed by atoms with Crippen molar-refractivity contribution in [3.8, 4) is 11.3 Å². The number of hydrogen-bond donors (Lipinski definition) is 0. The fourth-order valence-electron chi connectivity index (χ4n) is 4.01. The third kappa shape index (κ3) is 3.37. The molecule has 7 nitrogen and oxygen atoms in total. The van der Waals surface area contributed by atoms with E-state index in [0.717, 1.165) is 37.4 Å². The Morgan fingerprint density at radius 3 is 2.30 bits per heavy atom. The van der Waals surface area contributed by atoms with Gasteiger partial charge >= 0.3 is 0 Å². The van der Waals surface area contributed by atoms with Gasteiger partial charge in [-0.3, -0.25) is 9.69 Å². The number of hydrogen-bond acceptors (Lipinski definition) is 6. The lowest BCUT2D eigenvalue weighted by atomic mass is 10.1. The highest BCUT2D eigenvalue weighted by molar-refractivity contribution is 5.92.